The van der Waals surface area contributed by atoms with E-state index in [1.165, 1.54) is 6.33 Å². The van der Waals surface area contributed by atoms with E-state index >= 15 is 0 Å². The maximum atomic E-state index is 5.84. The van der Waals surface area contributed by atoms with Crippen LogP contribution in [0.3, 0.4) is 0 Å². The molecule has 0 fully saturated rings. The lowest BCUT2D eigenvalue weighted by atomic mass is 10.2. The molecule has 1 aliphatic rings. The van der Waals surface area contributed by atoms with Gasteiger partial charge >= 0.3 is 0 Å². The molecule has 0 spiro atoms. The topological polar surface area (TPSA) is 65.5 Å². The zero-order valence-electron chi connectivity index (χ0n) is 15.8. The third-order valence-corrected chi connectivity index (χ3v) is 4.65. The monoisotopic (exact) mass is 385 g/mol. The smallest absolute Gasteiger partial charge is 0.238 e. The van der Waals surface area contributed by atoms with Crippen LogP contribution < -0.4 is 19.5 Å². The molecule has 1 aliphatic heterocycles. The Kier molecular flexibility index (Phi) is 4.37. The Labute approximate surface area is 168 Å². The van der Waals surface area contributed by atoms with Crippen molar-refractivity contribution >= 4 is 22.4 Å². The van der Waals surface area contributed by atoms with Gasteiger partial charge in [0.2, 0.25) is 6.29 Å². The van der Waals surface area contributed by atoms with Gasteiger partial charge in [0.25, 0.3) is 0 Å². The minimum absolute atomic E-state index is 0.297. The molecule has 1 N–H and O–H groups in total. The van der Waals surface area contributed by atoms with Crippen LogP contribution in [0.2, 0.25) is 0 Å². The Hall–Kier alpha value is -3.80. The zero-order valence-corrected chi connectivity index (χ0v) is 15.8. The van der Waals surface area contributed by atoms with Crippen molar-refractivity contribution < 1.29 is 14.2 Å². The number of hydrogen-bond acceptors (Lipinski definition) is 6. The first-order valence-corrected chi connectivity index (χ1v) is 9.40. The number of ether oxygens (including phenoxy) is 3. The molecule has 0 amide bonds. The van der Waals surface area contributed by atoms with Gasteiger partial charge in [-0.25, -0.2) is 9.97 Å². The lowest BCUT2D eigenvalue weighted by Gasteiger charge is -2.10. The SMILES string of the molecule is CC1Oc2cc3ncnc(Nc4ccc(OCc5ccccc5)cc4)c3cc2O1. The predicted molar refractivity (Wildman–Crippen MR) is 111 cm³/mol. The maximum Gasteiger partial charge on any atom is 0.238 e. The van der Waals surface area contributed by atoms with Crippen molar-refractivity contribution in [3.63, 3.8) is 0 Å². The lowest BCUT2D eigenvalue weighted by molar-refractivity contribution is 0.0679. The van der Waals surface area contributed by atoms with Gasteiger partial charge in [0.05, 0.1) is 5.52 Å². The Morgan fingerprint density at radius 1 is 0.931 bits per heavy atom. The molecule has 1 unspecified atom stereocenters. The van der Waals surface area contributed by atoms with Gasteiger partial charge in [-0.1, -0.05) is 30.3 Å². The van der Waals surface area contributed by atoms with E-state index in [1.54, 1.807) is 0 Å². The number of nitrogens with zero attached hydrogens (tertiary/aromatic N) is 2. The summed E-state index contributed by atoms with van der Waals surface area (Å²) in [5.74, 6) is 2.92. The van der Waals surface area contributed by atoms with E-state index in [0.29, 0.717) is 23.9 Å². The molecule has 2 heterocycles. The Morgan fingerprint density at radius 3 is 2.48 bits per heavy atom. The number of rotatable bonds is 5. The standard InChI is InChI=1S/C23H19N3O3/c1-15-28-21-11-19-20(12-22(21)29-15)24-14-25-23(19)26-17-7-9-18(10-8-17)27-13-16-5-3-2-4-6-16/h2-12,14-15H,13H2,1H3,(H,24,25,26). The molecule has 4 aromatic rings. The molecule has 0 saturated carbocycles. The number of benzene rings is 3. The summed E-state index contributed by atoms with van der Waals surface area (Å²) in [5, 5.41) is 4.22. The van der Waals surface area contributed by atoms with Crippen molar-refractivity contribution in [2.24, 2.45) is 0 Å². The molecule has 1 aromatic heterocycles. The average Bonchev–Trinajstić information content (AvgIpc) is 3.11. The fourth-order valence-corrected chi connectivity index (χ4v) is 3.24. The highest BCUT2D eigenvalue weighted by molar-refractivity contribution is 5.93. The molecular formula is C23H19N3O3. The predicted octanol–water partition coefficient (Wildman–Crippen LogP) is 5.07. The van der Waals surface area contributed by atoms with Crippen molar-refractivity contribution in [1.29, 1.82) is 0 Å². The summed E-state index contributed by atoms with van der Waals surface area (Å²) < 4.78 is 17.1. The first-order valence-electron chi connectivity index (χ1n) is 9.40. The van der Waals surface area contributed by atoms with Crippen LogP contribution in [0, 0.1) is 0 Å². The fraction of sp³-hybridized carbons (Fsp3) is 0.130. The molecule has 0 bridgehead atoms. The quantitative estimate of drug-likeness (QED) is 0.517. The Bertz CT molecular complexity index is 1150. The van der Waals surface area contributed by atoms with Gasteiger partial charge in [0.1, 0.15) is 24.5 Å². The normalized spacial score (nSPS) is 14.7. The lowest BCUT2D eigenvalue weighted by Crippen LogP contribution is -2.11. The minimum Gasteiger partial charge on any atom is -0.489 e. The van der Waals surface area contributed by atoms with E-state index in [9.17, 15) is 0 Å². The summed E-state index contributed by atoms with van der Waals surface area (Å²) in [7, 11) is 0. The van der Waals surface area contributed by atoms with E-state index in [0.717, 1.165) is 27.9 Å². The van der Waals surface area contributed by atoms with Crippen molar-refractivity contribution in [3.8, 4) is 17.2 Å². The second-order valence-corrected chi connectivity index (χ2v) is 6.77. The first kappa shape index (κ1) is 17.3. The molecule has 0 radical (unpaired) electrons. The summed E-state index contributed by atoms with van der Waals surface area (Å²) >= 11 is 0. The maximum absolute atomic E-state index is 5.84. The third kappa shape index (κ3) is 3.65. The summed E-state index contributed by atoms with van der Waals surface area (Å²) in [4.78, 5) is 8.74. The number of hydrogen-bond donors (Lipinski definition) is 1. The van der Waals surface area contributed by atoms with Crippen LogP contribution in [0.5, 0.6) is 17.2 Å². The van der Waals surface area contributed by atoms with Crippen LogP contribution in [0.15, 0.2) is 73.1 Å². The molecular weight excluding hydrogens is 366 g/mol. The van der Waals surface area contributed by atoms with E-state index < -0.39 is 0 Å². The molecule has 1 atom stereocenters. The van der Waals surface area contributed by atoms with E-state index in [2.05, 4.69) is 15.3 Å². The largest absolute Gasteiger partial charge is 0.489 e. The second kappa shape index (κ2) is 7.31. The molecule has 29 heavy (non-hydrogen) atoms. The van der Waals surface area contributed by atoms with E-state index in [4.69, 9.17) is 14.2 Å². The fourth-order valence-electron chi connectivity index (χ4n) is 3.24. The highest BCUT2D eigenvalue weighted by Gasteiger charge is 2.22. The molecule has 3 aromatic carbocycles. The van der Waals surface area contributed by atoms with Crippen molar-refractivity contribution in [2.45, 2.75) is 19.8 Å². The van der Waals surface area contributed by atoms with Crippen LogP contribution in [-0.4, -0.2) is 16.3 Å². The highest BCUT2D eigenvalue weighted by atomic mass is 16.7. The molecule has 0 aliphatic carbocycles. The first-order chi connectivity index (χ1) is 14.2. The van der Waals surface area contributed by atoms with Crippen LogP contribution in [0.1, 0.15) is 12.5 Å². The van der Waals surface area contributed by atoms with Crippen molar-refractivity contribution in [3.05, 3.63) is 78.6 Å². The van der Waals surface area contributed by atoms with Gasteiger partial charge < -0.3 is 19.5 Å². The van der Waals surface area contributed by atoms with E-state index in [-0.39, 0.29) is 6.29 Å². The average molecular weight is 385 g/mol. The van der Waals surface area contributed by atoms with Gasteiger partial charge in [-0.05, 0) is 35.9 Å². The molecule has 5 rings (SSSR count). The summed E-state index contributed by atoms with van der Waals surface area (Å²) in [5.41, 5.74) is 2.83. The van der Waals surface area contributed by atoms with Gasteiger partial charge in [0, 0.05) is 24.1 Å². The minimum atomic E-state index is -0.297. The van der Waals surface area contributed by atoms with Crippen molar-refractivity contribution in [2.75, 3.05) is 5.32 Å². The van der Waals surface area contributed by atoms with Gasteiger partial charge in [-0.3, -0.25) is 0 Å². The number of nitrogens with one attached hydrogen (secondary N) is 1. The summed E-state index contributed by atoms with van der Waals surface area (Å²) in [6.45, 7) is 2.40. The Morgan fingerprint density at radius 2 is 1.69 bits per heavy atom. The molecule has 144 valence electrons. The number of anilines is 2. The van der Waals surface area contributed by atoms with Crippen LogP contribution in [0.4, 0.5) is 11.5 Å². The number of aromatic nitrogens is 2. The molecule has 6 heteroatoms. The van der Waals surface area contributed by atoms with Gasteiger partial charge in [0.15, 0.2) is 11.5 Å². The molecule has 6 nitrogen and oxygen atoms in total. The zero-order chi connectivity index (χ0) is 19.6. The Balaban J connectivity index is 1.34. The van der Waals surface area contributed by atoms with E-state index in [1.807, 2.05) is 73.7 Å². The number of fused-ring (bicyclic) bond motifs is 2. The highest BCUT2D eigenvalue weighted by Crippen LogP contribution is 2.39. The van der Waals surface area contributed by atoms with Crippen LogP contribution in [-0.2, 0) is 6.61 Å². The molecule has 0 saturated heterocycles. The third-order valence-electron chi connectivity index (χ3n) is 4.65. The van der Waals surface area contributed by atoms with Crippen LogP contribution in [0.25, 0.3) is 10.9 Å². The van der Waals surface area contributed by atoms with Gasteiger partial charge in [-0.15, -0.1) is 0 Å². The second-order valence-electron chi connectivity index (χ2n) is 6.77. The summed E-state index contributed by atoms with van der Waals surface area (Å²) in [6, 6.07) is 21.7. The van der Waals surface area contributed by atoms with Crippen LogP contribution >= 0.6 is 0 Å². The van der Waals surface area contributed by atoms with Gasteiger partial charge in [-0.2, -0.15) is 0 Å². The summed E-state index contributed by atoms with van der Waals surface area (Å²) in [6.07, 6.45) is 1.24. The van der Waals surface area contributed by atoms with Crippen molar-refractivity contribution in [1.82, 2.24) is 9.97 Å².